The van der Waals surface area contributed by atoms with Gasteiger partial charge in [0.1, 0.15) is 11.5 Å². The number of rotatable bonds is 5. The summed E-state index contributed by atoms with van der Waals surface area (Å²) in [6, 6.07) is 12.9. The first-order valence-electron chi connectivity index (χ1n) is 10.0. The van der Waals surface area contributed by atoms with Crippen LogP contribution < -0.4 is 10.2 Å². The van der Waals surface area contributed by atoms with Gasteiger partial charge in [-0.05, 0) is 48.5 Å². The number of hydrogen-bond acceptors (Lipinski definition) is 7. The molecule has 1 aromatic carbocycles. The van der Waals surface area contributed by atoms with Gasteiger partial charge in [0.2, 0.25) is 0 Å². The van der Waals surface area contributed by atoms with Crippen LogP contribution in [0.3, 0.4) is 0 Å². The van der Waals surface area contributed by atoms with Crippen molar-refractivity contribution < 1.29 is 22.7 Å². The lowest BCUT2D eigenvalue weighted by atomic mass is 10.2. The van der Waals surface area contributed by atoms with Crippen molar-refractivity contribution in [3.05, 3.63) is 72.7 Å². The molecule has 0 bridgehead atoms. The number of ether oxygens (including phenoxy) is 1. The maximum atomic E-state index is 13.1. The molecule has 34 heavy (non-hydrogen) atoms. The summed E-state index contributed by atoms with van der Waals surface area (Å²) in [4.78, 5) is 34.7. The Kier molecular flexibility index (Phi) is 6.03. The molecule has 2 amide bonds. The Hall–Kier alpha value is -4.25. The monoisotopic (exact) mass is 479 g/mol. The maximum absolute atomic E-state index is 13.1. The van der Waals surface area contributed by atoms with E-state index in [0.717, 1.165) is 11.8 Å². The lowest BCUT2D eigenvalue weighted by Crippen LogP contribution is -2.26. The summed E-state index contributed by atoms with van der Waals surface area (Å²) in [5.74, 6) is 0.0632. The van der Waals surface area contributed by atoms with Gasteiger partial charge in [-0.1, -0.05) is 0 Å². The van der Waals surface area contributed by atoms with E-state index in [2.05, 4.69) is 20.0 Å². The molecule has 0 radical (unpaired) electrons. The number of nitrogens with zero attached hydrogens (tertiary/aromatic N) is 4. The number of anilines is 2. The van der Waals surface area contributed by atoms with Crippen molar-refractivity contribution in [2.75, 3.05) is 30.6 Å². The molecule has 3 aromatic heterocycles. The summed E-state index contributed by atoms with van der Waals surface area (Å²) in [6.45, 7) is 0. The quantitative estimate of drug-likeness (QED) is 0.466. The number of methoxy groups -OCH3 is 1. The standard InChI is InChI=1S/C23H21N5O5S/c1-27(17-6-8-18(9-7-17)34(3,31)32)22(29)16-5-11-21-25-13-19(28(21)14-16)15-4-10-20(24-12-15)26-23(30)33-2/h4-14H,1-3H3,(H,24,26,30). The van der Waals surface area contributed by atoms with Crippen LogP contribution in [0.1, 0.15) is 10.4 Å². The van der Waals surface area contributed by atoms with Gasteiger partial charge in [-0.15, -0.1) is 0 Å². The van der Waals surface area contributed by atoms with Gasteiger partial charge in [-0.2, -0.15) is 0 Å². The third kappa shape index (κ3) is 4.59. The van der Waals surface area contributed by atoms with E-state index < -0.39 is 15.9 Å². The average Bonchev–Trinajstić information content (AvgIpc) is 3.26. The van der Waals surface area contributed by atoms with Crippen molar-refractivity contribution in [3.63, 3.8) is 0 Å². The minimum Gasteiger partial charge on any atom is -0.453 e. The molecule has 4 rings (SSSR count). The van der Waals surface area contributed by atoms with E-state index in [9.17, 15) is 18.0 Å². The van der Waals surface area contributed by atoms with Gasteiger partial charge in [0.05, 0.1) is 29.5 Å². The highest BCUT2D eigenvalue weighted by molar-refractivity contribution is 7.90. The van der Waals surface area contributed by atoms with Gasteiger partial charge in [0.15, 0.2) is 9.84 Å². The molecule has 0 saturated carbocycles. The number of aromatic nitrogens is 3. The van der Waals surface area contributed by atoms with Gasteiger partial charge in [-0.25, -0.2) is 23.2 Å². The molecule has 4 aromatic rings. The van der Waals surface area contributed by atoms with Gasteiger partial charge >= 0.3 is 6.09 Å². The van der Waals surface area contributed by atoms with Crippen LogP contribution in [-0.2, 0) is 14.6 Å². The summed E-state index contributed by atoms with van der Waals surface area (Å²) in [5, 5.41) is 2.49. The lowest BCUT2D eigenvalue weighted by Gasteiger charge is -2.18. The Morgan fingerprint density at radius 1 is 1.00 bits per heavy atom. The summed E-state index contributed by atoms with van der Waals surface area (Å²) < 4.78 is 29.7. The second kappa shape index (κ2) is 8.94. The number of carbonyl (C=O) groups excluding carboxylic acids is 2. The van der Waals surface area contributed by atoms with Crippen LogP contribution in [0.5, 0.6) is 0 Å². The zero-order valence-electron chi connectivity index (χ0n) is 18.6. The van der Waals surface area contributed by atoms with E-state index in [1.54, 1.807) is 66.4 Å². The van der Waals surface area contributed by atoms with Crippen LogP contribution in [0.2, 0.25) is 0 Å². The zero-order chi connectivity index (χ0) is 24.5. The Bertz CT molecular complexity index is 1480. The van der Waals surface area contributed by atoms with Crippen molar-refractivity contribution in [3.8, 4) is 11.3 Å². The lowest BCUT2D eigenvalue weighted by molar-refractivity contribution is 0.0992. The number of imidazole rings is 1. The largest absolute Gasteiger partial charge is 0.453 e. The molecule has 0 aliphatic heterocycles. The van der Waals surface area contributed by atoms with E-state index in [1.807, 2.05) is 0 Å². The summed E-state index contributed by atoms with van der Waals surface area (Å²) >= 11 is 0. The second-order valence-corrected chi connectivity index (χ2v) is 9.48. The Morgan fingerprint density at radius 3 is 2.35 bits per heavy atom. The minimum atomic E-state index is -3.32. The third-order valence-corrected chi connectivity index (χ3v) is 6.31. The predicted octanol–water partition coefficient (Wildman–Crippen LogP) is 3.25. The molecule has 0 atom stereocenters. The summed E-state index contributed by atoms with van der Waals surface area (Å²) in [7, 11) is -0.437. The number of pyridine rings is 2. The van der Waals surface area contributed by atoms with E-state index >= 15 is 0 Å². The van der Waals surface area contributed by atoms with Gasteiger partial charge in [0, 0.05) is 36.9 Å². The third-order valence-electron chi connectivity index (χ3n) is 5.18. The molecule has 0 spiro atoms. The first-order chi connectivity index (χ1) is 16.2. The molecule has 0 fully saturated rings. The van der Waals surface area contributed by atoms with Gasteiger partial charge in [-0.3, -0.25) is 14.5 Å². The molecule has 11 heteroatoms. The fourth-order valence-corrected chi connectivity index (χ4v) is 3.95. The molecule has 0 unspecified atom stereocenters. The number of hydrogen-bond donors (Lipinski definition) is 1. The molecule has 0 aliphatic carbocycles. The van der Waals surface area contributed by atoms with E-state index in [0.29, 0.717) is 28.4 Å². The SMILES string of the molecule is COC(=O)Nc1ccc(-c2cnc3ccc(C(=O)N(C)c4ccc(S(C)(=O)=O)cc4)cn23)cn1. The Balaban J connectivity index is 1.62. The first kappa shape index (κ1) is 22.9. The van der Waals surface area contributed by atoms with Crippen LogP contribution in [0.25, 0.3) is 16.9 Å². The summed E-state index contributed by atoms with van der Waals surface area (Å²) in [6.07, 6.45) is 5.45. The second-order valence-electron chi connectivity index (χ2n) is 7.47. The number of carbonyl (C=O) groups is 2. The number of benzene rings is 1. The smallest absolute Gasteiger partial charge is 0.412 e. The first-order valence-corrected chi connectivity index (χ1v) is 11.9. The van der Waals surface area contributed by atoms with E-state index in [1.165, 1.54) is 24.1 Å². The van der Waals surface area contributed by atoms with Crippen LogP contribution in [-0.4, -0.2) is 55.2 Å². The highest BCUT2D eigenvalue weighted by Gasteiger charge is 2.17. The van der Waals surface area contributed by atoms with Crippen molar-refractivity contribution in [2.24, 2.45) is 0 Å². The van der Waals surface area contributed by atoms with Gasteiger partial charge < -0.3 is 9.64 Å². The fraction of sp³-hybridized carbons (Fsp3) is 0.130. The van der Waals surface area contributed by atoms with Crippen molar-refractivity contribution in [1.29, 1.82) is 0 Å². The number of fused-ring (bicyclic) bond motifs is 1. The van der Waals surface area contributed by atoms with Crippen LogP contribution in [0, 0.1) is 0 Å². The number of sulfone groups is 1. The van der Waals surface area contributed by atoms with Crippen molar-refractivity contribution in [1.82, 2.24) is 14.4 Å². The predicted molar refractivity (Wildman–Crippen MR) is 127 cm³/mol. The van der Waals surface area contributed by atoms with Crippen LogP contribution in [0.15, 0.2) is 72.0 Å². The molecule has 0 saturated heterocycles. The molecule has 0 aliphatic rings. The normalized spacial score (nSPS) is 11.3. The van der Waals surface area contributed by atoms with Crippen LogP contribution in [0.4, 0.5) is 16.3 Å². The number of amides is 2. The molecule has 3 heterocycles. The maximum Gasteiger partial charge on any atom is 0.412 e. The Labute approximate surface area is 195 Å². The van der Waals surface area contributed by atoms with E-state index in [-0.39, 0.29) is 10.8 Å². The number of nitrogens with one attached hydrogen (secondary N) is 1. The minimum absolute atomic E-state index is 0.183. The van der Waals surface area contributed by atoms with Crippen molar-refractivity contribution >= 4 is 39.0 Å². The fourth-order valence-electron chi connectivity index (χ4n) is 3.32. The topological polar surface area (TPSA) is 123 Å². The molecule has 1 N–H and O–H groups in total. The van der Waals surface area contributed by atoms with E-state index in [4.69, 9.17) is 0 Å². The highest BCUT2D eigenvalue weighted by atomic mass is 32.2. The molecular weight excluding hydrogens is 458 g/mol. The highest BCUT2D eigenvalue weighted by Crippen LogP contribution is 2.23. The Morgan fingerprint density at radius 2 is 1.74 bits per heavy atom. The average molecular weight is 480 g/mol. The molecule has 174 valence electrons. The zero-order valence-corrected chi connectivity index (χ0v) is 19.4. The molecule has 10 nitrogen and oxygen atoms in total. The van der Waals surface area contributed by atoms with Gasteiger partial charge in [0.25, 0.3) is 5.91 Å². The molecular formula is C23H21N5O5S. The van der Waals surface area contributed by atoms with Crippen LogP contribution >= 0.6 is 0 Å². The van der Waals surface area contributed by atoms with Crippen molar-refractivity contribution in [2.45, 2.75) is 4.90 Å². The summed E-state index contributed by atoms with van der Waals surface area (Å²) in [5.41, 5.74) is 3.06.